The lowest BCUT2D eigenvalue weighted by Crippen LogP contribution is -2.02. The fourth-order valence-corrected chi connectivity index (χ4v) is 2.05. The third-order valence-corrected chi connectivity index (χ3v) is 3.15. The Hall–Kier alpha value is -1.61. The van der Waals surface area contributed by atoms with E-state index in [0.717, 1.165) is 22.0 Å². The maximum atomic E-state index is 11.1. The van der Waals surface area contributed by atoms with E-state index in [-0.39, 0.29) is 5.97 Å². The van der Waals surface area contributed by atoms with E-state index < -0.39 is 0 Å². The number of hydrogen-bond acceptors (Lipinski definition) is 3. The van der Waals surface area contributed by atoms with Gasteiger partial charge in [-0.3, -0.25) is 4.79 Å². The number of hydrogen-bond donors (Lipinski definition) is 0. The molecule has 0 bridgehead atoms. The first-order valence-electron chi connectivity index (χ1n) is 5.73. The van der Waals surface area contributed by atoms with E-state index >= 15 is 0 Å². The zero-order valence-electron chi connectivity index (χ0n) is 10.4. The van der Waals surface area contributed by atoms with Crippen LogP contribution in [0.3, 0.4) is 0 Å². The summed E-state index contributed by atoms with van der Waals surface area (Å²) in [4.78, 5) is 15.5. The molecule has 2 rings (SSSR count). The third kappa shape index (κ3) is 2.79. The molecule has 0 atom stereocenters. The van der Waals surface area contributed by atoms with Crippen LogP contribution in [0.15, 0.2) is 24.3 Å². The van der Waals surface area contributed by atoms with Crippen molar-refractivity contribution < 1.29 is 9.53 Å². The number of esters is 1. The van der Waals surface area contributed by atoms with Crippen molar-refractivity contribution >= 4 is 28.5 Å². The van der Waals surface area contributed by atoms with Gasteiger partial charge in [0, 0.05) is 11.8 Å². The van der Waals surface area contributed by atoms with Gasteiger partial charge in [-0.2, -0.15) is 0 Å². The number of aryl methyl sites for hydroxylation is 2. The smallest absolute Gasteiger partial charge is 0.305 e. The Balaban J connectivity index is 2.31. The number of rotatable bonds is 3. The van der Waals surface area contributed by atoms with Crippen LogP contribution in [0, 0.1) is 6.92 Å². The van der Waals surface area contributed by atoms with Gasteiger partial charge in [0.1, 0.15) is 5.15 Å². The third-order valence-electron chi connectivity index (χ3n) is 2.83. The molecule has 0 fully saturated rings. The van der Waals surface area contributed by atoms with Gasteiger partial charge in [0.05, 0.1) is 12.6 Å². The molecule has 0 amide bonds. The van der Waals surface area contributed by atoms with Crippen LogP contribution in [-0.2, 0) is 16.0 Å². The summed E-state index contributed by atoms with van der Waals surface area (Å²) in [7, 11) is 1.38. The molecule has 0 unspecified atom stereocenters. The van der Waals surface area contributed by atoms with Gasteiger partial charge in [0.25, 0.3) is 0 Å². The Kier molecular flexibility index (Phi) is 3.82. The second-order valence-corrected chi connectivity index (χ2v) is 4.57. The van der Waals surface area contributed by atoms with Crippen molar-refractivity contribution in [1.82, 2.24) is 4.98 Å². The van der Waals surface area contributed by atoms with Crippen molar-refractivity contribution in [3.8, 4) is 0 Å². The van der Waals surface area contributed by atoms with Crippen molar-refractivity contribution in [2.75, 3.05) is 7.11 Å². The Bertz CT molecular complexity index is 596. The highest BCUT2D eigenvalue weighted by Crippen LogP contribution is 2.22. The minimum atomic E-state index is -0.241. The van der Waals surface area contributed by atoms with E-state index in [9.17, 15) is 4.79 Å². The number of ether oxygens (including phenoxy) is 1. The molecule has 0 aliphatic rings. The maximum Gasteiger partial charge on any atom is 0.305 e. The summed E-state index contributed by atoms with van der Waals surface area (Å²) in [6.07, 6.45) is 0.859. The zero-order valence-corrected chi connectivity index (χ0v) is 11.1. The maximum absolute atomic E-state index is 11.1. The molecular formula is C14H14ClNO2. The molecular weight excluding hydrogens is 250 g/mol. The molecule has 2 aromatic rings. The first kappa shape index (κ1) is 12.8. The molecule has 18 heavy (non-hydrogen) atoms. The SMILES string of the molecule is COC(=O)CCc1cc2ccc(C)cc2nc1Cl. The molecule has 1 aromatic heterocycles. The number of fused-ring (bicyclic) bond motifs is 1. The quantitative estimate of drug-likeness (QED) is 0.630. The molecule has 3 nitrogen and oxygen atoms in total. The molecule has 0 spiro atoms. The topological polar surface area (TPSA) is 39.2 Å². The van der Waals surface area contributed by atoms with E-state index in [1.165, 1.54) is 7.11 Å². The summed E-state index contributed by atoms with van der Waals surface area (Å²) in [6.45, 7) is 2.01. The highest BCUT2D eigenvalue weighted by Gasteiger charge is 2.08. The lowest BCUT2D eigenvalue weighted by molar-refractivity contribution is -0.140. The van der Waals surface area contributed by atoms with E-state index in [1.54, 1.807) is 0 Å². The van der Waals surface area contributed by atoms with Gasteiger partial charge < -0.3 is 4.74 Å². The van der Waals surface area contributed by atoms with Crippen LogP contribution < -0.4 is 0 Å². The summed E-state index contributed by atoms with van der Waals surface area (Å²) in [5.74, 6) is -0.241. The molecule has 94 valence electrons. The van der Waals surface area contributed by atoms with Crippen LogP contribution in [0.25, 0.3) is 10.9 Å². The fraction of sp³-hybridized carbons (Fsp3) is 0.286. The van der Waals surface area contributed by atoms with Crippen LogP contribution in [0.5, 0.6) is 0 Å². The number of carbonyl (C=O) groups excluding carboxylic acids is 1. The largest absolute Gasteiger partial charge is 0.469 e. The molecule has 4 heteroatoms. The number of benzene rings is 1. The van der Waals surface area contributed by atoms with Crippen LogP contribution in [-0.4, -0.2) is 18.1 Å². The zero-order chi connectivity index (χ0) is 13.1. The van der Waals surface area contributed by atoms with Crippen LogP contribution in [0.1, 0.15) is 17.5 Å². The number of pyridine rings is 1. The molecule has 0 aliphatic carbocycles. The number of nitrogens with zero attached hydrogens (tertiary/aromatic N) is 1. The molecule has 0 radical (unpaired) electrons. The summed E-state index contributed by atoms with van der Waals surface area (Å²) in [6, 6.07) is 8.01. The molecule has 0 N–H and O–H groups in total. The van der Waals surface area contributed by atoms with Gasteiger partial charge in [0.15, 0.2) is 0 Å². The molecule has 1 aromatic carbocycles. The Morgan fingerprint density at radius 1 is 1.39 bits per heavy atom. The van der Waals surface area contributed by atoms with Gasteiger partial charge in [0.2, 0.25) is 0 Å². The van der Waals surface area contributed by atoms with Gasteiger partial charge in [-0.15, -0.1) is 0 Å². The van der Waals surface area contributed by atoms with Gasteiger partial charge in [-0.1, -0.05) is 23.7 Å². The lowest BCUT2D eigenvalue weighted by Gasteiger charge is -2.06. The normalized spacial score (nSPS) is 10.6. The Labute approximate surface area is 111 Å². The van der Waals surface area contributed by atoms with Crippen molar-refractivity contribution in [1.29, 1.82) is 0 Å². The molecule has 0 aliphatic heterocycles. The second-order valence-electron chi connectivity index (χ2n) is 4.21. The summed E-state index contributed by atoms with van der Waals surface area (Å²) < 4.78 is 4.61. The van der Waals surface area contributed by atoms with E-state index in [0.29, 0.717) is 18.0 Å². The van der Waals surface area contributed by atoms with Crippen molar-refractivity contribution in [2.45, 2.75) is 19.8 Å². The first-order chi connectivity index (χ1) is 8.60. The monoisotopic (exact) mass is 263 g/mol. The summed E-state index contributed by atoms with van der Waals surface area (Å²) >= 11 is 6.12. The number of aromatic nitrogens is 1. The average Bonchev–Trinajstić information content (AvgIpc) is 2.35. The standard InChI is InChI=1S/C14H14ClNO2/c1-9-3-4-10-8-11(5-6-13(17)18-2)14(15)16-12(10)7-9/h3-4,7-8H,5-6H2,1-2H3. The van der Waals surface area contributed by atoms with Crippen molar-refractivity contribution in [3.63, 3.8) is 0 Å². The fourth-order valence-electron chi connectivity index (χ4n) is 1.81. The molecule has 0 saturated carbocycles. The molecule has 1 heterocycles. The number of halogens is 1. The first-order valence-corrected chi connectivity index (χ1v) is 6.10. The summed E-state index contributed by atoms with van der Waals surface area (Å²) in [5, 5.41) is 1.49. The van der Waals surface area contributed by atoms with Gasteiger partial charge >= 0.3 is 5.97 Å². The number of methoxy groups -OCH3 is 1. The van der Waals surface area contributed by atoms with Crippen molar-refractivity contribution in [2.24, 2.45) is 0 Å². The predicted octanol–water partition coefficient (Wildman–Crippen LogP) is 3.30. The highest BCUT2D eigenvalue weighted by molar-refractivity contribution is 6.30. The van der Waals surface area contributed by atoms with Crippen LogP contribution in [0.2, 0.25) is 5.15 Å². The van der Waals surface area contributed by atoms with Crippen LogP contribution in [0.4, 0.5) is 0 Å². The minimum absolute atomic E-state index is 0.241. The van der Waals surface area contributed by atoms with Gasteiger partial charge in [-0.25, -0.2) is 4.98 Å². The Morgan fingerprint density at radius 2 is 2.17 bits per heavy atom. The summed E-state index contributed by atoms with van der Waals surface area (Å²) in [5.41, 5.74) is 2.90. The minimum Gasteiger partial charge on any atom is -0.469 e. The highest BCUT2D eigenvalue weighted by atomic mass is 35.5. The van der Waals surface area contributed by atoms with Gasteiger partial charge in [-0.05, 0) is 36.6 Å². The predicted molar refractivity (Wildman–Crippen MR) is 71.8 cm³/mol. The van der Waals surface area contributed by atoms with Crippen molar-refractivity contribution in [3.05, 3.63) is 40.5 Å². The van der Waals surface area contributed by atoms with E-state index in [4.69, 9.17) is 11.6 Å². The van der Waals surface area contributed by atoms with Crippen LogP contribution >= 0.6 is 11.6 Å². The van der Waals surface area contributed by atoms with E-state index in [2.05, 4.69) is 9.72 Å². The molecule has 0 saturated heterocycles. The van der Waals surface area contributed by atoms with E-state index in [1.807, 2.05) is 31.2 Å². The Morgan fingerprint density at radius 3 is 2.89 bits per heavy atom. The number of carbonyl (C=O) groups is 1. The lowest BCUT2D eigenvalue weighted by atomic mass is 10.1. The second kappa shape index (κ2) is 5.36. The average molecular weight is 264 g/mol.